The van der Waals surface area contributed by atoms with Crippen LogP contribution in [-0.2, 0) is 0 Å². The highest BCUT2D eigenvalue weighted by atomic mass is 16.3. The molecule has 0 aliphatic rings. The Balaban J connectivity index is 2.95. The van der Waals surface area contributed by atoms with Crippen LogP contribution in [-0.4, -0.2) is 0 Å². The molecule has 0 bridgehead atoms. The average Bonchev–Trinajstić information content (AvgIpc) is 2.61. The van der Waals surface area contributed by atoms with Gasteiger partial charge in [0.05, 0.1) is 6.26 Å². The van der Waals surface area contributed by atoms with Crippen LogP contribution in [0, 0.1) is 0 Å². The van der Waals surface area contributed by atoms with Crippen molar-refractivity contribution in [2.75, 3.05) is 0 Å². The second kappa shape index (κ2) is 4.70. The van der Waals surface area contributed by atoms with E-state index >= 15 is 0 Å². The fourth-order valence-electron chi connectivity index (χ4n) is 1.12. The van der Waals surface area contributed by atoms with Crippen molar-refractivity contribution in [1.82, 2.24) is 0 Å². The molecule has 1 rings (SSSR count). The van der Waals surface area contributed by atoms with E-state index in [1.807, 2.05) is 19.1 Å². The molecule has 0 saturated carbocycles. The molecule has 1 heteroatoms. The Kier molecular flexibility index (Phi) is 3.56. The first kappa shape index (κ1) is 9.85. The molecule has 0 unspecified atom stereocenters. The van der Waals surface area contributed by atoms with Gasteiger partial charge in [-0.25, -0.2) is 0 Å². The zero-order valence-electron chi connectivity index (χ0n) is 8.50. The lowest BCUT2D eigenvalue weighted by Gasteiger charge is -1.89. The SMILES string of the molecule is CC=C(C)CC=c1ccoc1=CC. The molecule has 0 aromatic carbocycles. The van der Waals surface area contributed by atoms with Crippen LogP contribution in [0.3, 0.4) is 0 Å². The number of hydrogen-bond donors (Lipinski definition) is 0. The minimum atomic E-state index is 0.962. The van der Waals surface area contributed by atoms with Gasteiger partial charge >= 0.3 is 0 Å². The molecule has 0 N–H and O–H groups in total. The van der Waals surface area contributed by atoms with Crippen molar-refractivity contribution in [3.63, 3.8) is 0 Å². The van der Waals surface area contributed by atoms with Crippen LogP contribution in [0.25, 0.3) is 12.2 Å². The van der Waals surface area contributed by atoms with Crippen molar-refractivity contribution < 1.29 is 4.42 Å². The molecule has 0 amide bonds. The lowest BCUT2D eigenvalue weighted by atomic mass is 10.2. The average molecular weight is 176 g/mol. The molecule has 0 atom stereocenters. The summed E-state index contributed by atoms with van der Waals surface area (Å²) in [5.41, 5.74) is 2.34. The summed E-state index contributed by atoms with van der Waals surface area (Å²) in [6.45, 7) is 6.18. The summed E-state index contributed by atoms with van der Waals surface area (Å²) >= 11 is 0. The Morgan fingerprint density at radius 1 is 1.46 bits per heavy atom. The third kappa shape index (κ3) is 2.62. The molecular formula is C12H16O. The first-order chi connectivity index (χ1) is 6.27. The quantitative estimate of drug-likeness (QED) is 0.630. The molecule has 0 saturated heterocycles. The zero-order valence-corrected chi connectivity index (χ0v) is 8.50. The van der Waals surface area contributed by atoms with Gasteiger partial charge in [-0.15, -0.1) is 0 Å². The highest BCUT2D eigenvalue weighted by Gasteiger charge is 1.87. The van der Waals surface area contributed by atoms with Crippen LogP contribution in [0.15, 0.2) is 28.4 Å². The monoisotopic (exact) mass is 176 g/mol. The zero-order chi connectivity index (χ0) is 9.68. The van der Waals surface area contributed by atoms with Gasteiger partial charge in [0.1, 0.15) is 5.42 Å². The van der Waals surface area contributed by atoms with E-state index in [9.17, 15) is 0 Å². The Bertz CT molecular complexity index is 393. The molecule has 0 fully saturated rings. The molecule has 70 valence electrons. The normalized spacial score (nSPS) is 15.5. The summed E-state index contributed by atoms with van der Waals surface area (Å²) in [5, 5.41) is 1.18. The number of hydrogen-bond acceptors (Lipinski definition) is 1. The maximum atomic E-state index is 5.27. The Hall–Kier alpha value is -1.24. The molecule has 1 nitrogen and oxygen atoms in total. The first-order valence-corrected chi connectivity index (χ1v) is 4.59. The van der Waals surface area contributed by atoms with E-state index in [1.165, 1.54) is 10.8 Å². The van der Waals surface area contributed by atoms with Crippen molar-refractivity contribution in [3.8, 4) is 0 Å². The molecule has 1 aromatic rings. The maximum absolute atomic E-state index is 5.27. The topological polar surface area (TPSA) is 13.1 Å². The Morgan fingerprint density at radius 3 is 2.85 bits per heavy atom. The highest BCUT2D eigenvalue weighted by molar-refractivity contribution is 5.30. The number of rotatable bonds is 2. The number of allylic oxidation sites excluding steroid dienone is 2. The van der Waals surface area contributed by atoms with Crippen LogP contribution in [0.4, 0.5) is 0 Å². The maximum Gasteiger partial charge on any atom is 0.129 e. The van der Waals surface area contributed by atoms with Gasteiger partial charge in [0, 0.05) is 5.22 Å². The second-order valence-electron chi connectivity index (χ2n) is 3.07. The van der Waals surface area contributed by atoms with Crippen LogP contribution < -0.4 is 10.6 Å². The summed E-state index contributed by atoms with van der Waals surface area (Å²) in [7, 11) is 0. The Labute approximate surface area is 79.1 Å². The first-order valence-electron chi connectivity index (χ1n) is 4.59. The standard InChI is InChI=1S/C12H16O/c1-4-10(3)6-7-11-8-9-13-12(11)5-2/h4-5,7-9H,6H2,1-3H3. The third-order valence-electron chi connectivity index (χ3n) is 2.13. The number of furan rings is 1. The molecule has 1 aromatic heterocycles. The van der Waals surface area contributed by atoms with Gasteiger partial charge in [0.25, 0.3) is 0 Å². The Morgan fingerprint density at radius 2 is 2.23 bits per heavy atom. The van der Waals surface area contributed by atoms with Gasteiger partial charge in [0.2, 0.25) is 0 Å². The molecule has 0 radical (unpaired) electrons. The van der Waals surface area contributed by atoms with E-state index in [4.69, 9.17) is 4.42 Å². The molecule has 1 heterocycles. The van der Waals surface area contributed by atoms with Crippen molar-refractivity contribution in [1.29, 1.82) is 0 Å². The second-order valence-corrected chi connectivity index (χ2v) is 3.07. The summed E-state index contributed by atoms with van der Waals surface area (Å²) in [6.07, 6.45) is 9.03. The van der Waals surface area contributed by atoms with Crippen LogP contribution in [0.2, 0.25) is 0 Å². The molecule has 0 aliphatic carbocycles. The van der Waals surface area contributed by atoms with E-state index in [0.29, 0.717) is 0 Å². The lowest BCUT2D eigenvalue weighted by Crippen LogP contribution is -2.18. The van der Waals surface area contributed by atoms with E-state index in [1.54, 1.807) is 6.26 Å². The van der Waals surface area contributed by atoms with Gasteiger partial charge in [-0.3, -0.25) is 0 Å². The molecular weight excluding hydrogens is 160 g/mol. The summed E-state index contributed by atoms with van der Waals surface area (Å²) in [5.74, 6) is 0. The molecule has 13 heavy (non-hydrogen) atoms. The minimum Gasteiger partial charge on any atom is -0.465 e. The summed E-state index contributed by atoms with van der Waals surface area (Å²) < 4.78 is 5.27. The van der Waals surface area contributed by atoms with E-state index in [2.05, 4.69) is 26.0 Å². The van der Waals surface area contributed by atoms with Crippen molar-refractivity contribution in [3.05, 3.63) is 34.6 Å². The molecule has 0 spiro atoms. The van der Waals surface area contributed by atoms with Gasteiger partial charge < -0.3 is 4.42 Å². The van der Waals surface area contributed by atoms with Gasteiger partial charge in [-0.1, -0.05) is 17.7 Å². The van der Waals surface area contributed by atoms with Crippen LogP contribution in [0.5, 0.6) is 0 Å². The van der Waals surface area contributed by atoms with Crippen molar-refractivity contribution in [2.45, 2.75) is 27.2 Å². The van der Waals surface area contributed by atoms with Gasteiger partial charge in [0.15, 0.2) is 0 Å². The van der Waals surface area contributed by atoms with Crippen molar-refractivity contribution >= 4 is 12.2 Å². The van der Waals surface area contributed by atoms with E-state index < -0.39 is 0 Å². The van der Waals surface area contributed by atoms with Crippen LogP contribution in [0.1, 0.15) is 27.2 Å². The molecule has 0 aliphatic heterocycles. The van der Waals surface area contributed by atoms with Crippen molar-refractivity contribution in [2.24, 2.45) is 0 Å². The highest BCUT2D eigenvalue weighted by Crippen LogP contribution is 1.98. The van der Waals surface area contributed by atoms with Crippen LogP contribution >= 0.6 is 0 Å². The summed E-state index contributed by atoms with van der Waals surface area (Å²) in [6, 6.07) is 2.00. The fourth-order valence-corrected chi connectivity index (χ4v) is 1.12. The van der Waals surface area contributed by atoms with Gasteiger partial charge in [-0.05, 0) is 39.3 Å². The smallest absolute Gasteiger partial charge is 0.129 e. The summed E-state index contributed by atoms with van der Waals surface area (Å²) in [4.78, 5) is 0. The third-order valence-corrected chi connectivity index (χ3v) is 2.13. The minimum absolute atomic E-state index is 0.962. The van der Waals surface area contributed by atoms with E-state index in [-0.39, 0.29) is 0 Å². The largest absolute Gasteiger partial charge is 0.465 e. The van der Waals surface area contributed by atoms with Gasteiger partial charge in [-0.2, -0.15) is 0 Å². The fraction of sp³-hybridized carbons (Fsp3) is 0.333. The van der Waals surface area contributed by atoms with E-state index in [0.717, 1.165) is 11.8 Å². The predicted octanol–water partition coefficient (Wildman–Crippen LogP) is 2.22. The lowest BCUT2D eigenvalue weighted by molar-refractivity contribution is 0.530. The predicted molar refractivity (Wildman–Crippen MR) is 56.6 cm³/mol.